The molecule has 1 aromatic heterocycles. The first-order chi connectivity index (χ1) is 12.1. The normalized spacial score (nSPS) is 15.1. The van der Waals surface area contributed by atoms with Gasteiger partial charge in [0.2, 0.25) is 0 Å². The highest BCUT2D eigenvalue weighted by Crippen LogP contribution is 2.36. The fourth-order valence-corrected chi connectivity index (χ4v) is 3.37. The minimum Gasteiger partial charge on any atom is -0.619 e. The van der Waals surface area contributed by atoms with Crippen LogP contribution in [-0.4, -0.2) is 16.8 Å². The molecule has 0 spiro atoms. The Morgan fingerprint density at radius 1 is 1.12 bits per heavy atom. The number of carbonyl (C=O) groups is 1. The van der Waals surface area contributed by atoms with Gasteiger partial charge in [0.15, 0.2) is 12.4 Å². The molecule has 1 heterocycles. The standard InChI is InChI=1S/C21H20N2O2/c1-15(17-9-8-16-5-2-3-6-18(16)13-17)23(20-10-11-20)21(24)19-7-4-12-22(25)14-19/h2-9,12-15,20H,10-11H2,1H3/t15-/m0/s1. The quantitative estimate of drug-likeness (QED) is 0.538. The fourth-order valence-electron chi connectivity index (χ4n) is 3.37. The maximum atomic E-state index is 13.0. The molecule has 0 saturated heterocycles. The van der Waals surface area contributed by atoms with Crippen LogP contribution in [-0.2, 0) is 0 Å². The molecule has 4 heteroatoms. The second kappa shape index (κ2) is 6.20. The molecule has 1 aliphatic rings. The third-order valence-corrected chi connectivity index (χ3v) is 4.87. The predicted octanol–water partition coefficient (Wildman–Crippen LogP) is 3.84. The molecule has 1 fully saturated rings. The van der Waals surface area contributed by atoms with E-state index in [1.54, 1.807) is 12.1 Å². The van der Waals surface area contributed by atoms with E-state index in [-0.39, 0.29) is 18.0 Å². The van der Waals surface area contributed by atoms with Crippen LogP contribution in [0.1, 0.15) is 41.7 Å². The van der Waals surface area contributed by atoms with Crippen LogP contribution in [0.2, 0.25) is 0 Å². The third kappa shape index (κ3) is 3.07. The Balaban J connectivity index is 1.68. The van der Waals surface area contributed by atoms with Crippen molar-refractivity contribution in [3.8, 4) is 0 Å². The number of amides is 1. The Labute approximate surface area is 146 Å². The molecule has 1 aliphatic carbocycles. The first kappa shape index (κ1) is 15.6. The third-order valence-electron chi connectivity index (χ3n) is 4.87. The lowest BCUT2D eigenvalue weighted by atomic mass is 10.0. The summed E-state index contributed by atoms with van der Waals surface area (Å²) in [7, 11) is 0. The highest BCUT2D eigenvalue weighted by atomic mass is 16.5. The van der Waals surface area contributed by atoms with E-state index in [4.69, 9.17) is 0 Å². The van der Waals surface area contributed by atoms with Gasteiger partial charge in [-0.2, -0.15) is 4.73 Å². The van der Waals surface area contributed by atoms with Crippen LogP contribution < -0.4 is 4.73 Å². The van der Waals surface area contributed by atoms with E-state index < -0.39 is 0 Å². The summed E-state index contributed by atoms with van der Waals surface area (Å²) >= 11 is 0. The number of aromatic nitrogens is 1. The Kier molecular flexibility index (Phi) is 3.88. The Morgan fingerprint density at radius 2 is 1.88 bits per heavy atom. The van der Waals surface area contributed by atoms with Crippen LogP contribution in [0, 0.1) is 5.21 Å². The van der Waals surface area contributed by atoms with Gasteiger partial charge in [-0.15, -0.1) is 0 Å². The molecule has 0 aliphatic heterocycles. The fraction of sp³-hybridized carbons (Fsp3) is 0.238. The number of benzene rings is 2. The Bertz CT molecular complexity index is 934. The topological polar surface area (TPSA) is 47.2 Å². The molecule has 1 atom stereocenters. The molecule has 0 radical (unpaired) electrons. The molecule has 3 aromatic rings. The monoisotopic (exact) mass is 332 g/mol. The van der Waals surface area contributed by atoms with Crippen molar-refractivity contribution in [2.45, 2.75) is 31.8 Å². The van der Waals surface area contributed by atoms with Gasteiger partial charge in [-0.25, -0.2) is 0 Å². The van der Waals surface area contributed by atoms with Crippen molar-refractivity contribution in [2.24, 2.45) is 0 Å². The number of nitrogens with zero attached hydrogens (tertiary/aromatic N) is 2. The second-order valence-corrected chi connectivity index (χ2v) is 6.68. The van der Waals surface area contributed by atoms with Gasteiger partial charge < -0.3 is 10.1 Å². The summed E-state index contributed by atoms with van der Waals surface area (Å²) in [6.07, 6.45) is 4.79. The minimum atomic E-state index is -0.0756. The van der Waals surface area contributed by atoms with Gasteiger partial charge in [-0.1, -0.05) is 36.4 Å². The number of carbonyl (C=O) groups excluding carboxylic acids is 1. The molecule has 0 N–H and O–H groups in total. The van der Waals surface area contributed by atoms with Gasteiger partial charge in [0, 0.05) is 12.1 Å². The highest BCUT2D eigenvalue weighted by molar-refractivity contribution is 5.94. The maximum absolute atomic E-state index is 13.0. The van der Waals surface area contributed by atoms with Crippen molar-refractivity contribution in [1.82, 2.24) is 4.90 Å². The molecule has 0 unspecified atom stereocenters. The molecule has 0 bridgehead atoms. The van der Waals surface area contributed by atoms with Gasteiger partial charge in [-0.3, -0.25) is 4.79 Å². The molecular weight excluding hydrogens is 312 g/mol. The van der Waals surface area contributed by atoms with Crippen molar-refractivity contribution < 1.29 is 9.52 Å². The number of fused-ring (bicyclic) bond motifs is 1. The number of hydrogen-bond acceptors (Lipinski definition) is 2. The lowest BCUT2D eigenvalue weighted by Gasteiger charge is -2.30. The summed E-state index contributed by atoms with van der Waals surface area (Å²) in [5, 5.41) is 13.9. The van der Waals surface area contributed by atoms with Crippen LogP contribution in [0.4, 0.5) is 0 Å². The second-order valence-electron chi connectivity index (χ2n) is 6.68. The number of pyridine rings is 1. The molecule has 4 nitrogen and oxygen atoms in total. The SMILES string of the molecule is C[C@@H](c1ccc2ccccc2c1)N(C(=O)c1ccc[n+]([O-])c1)C1CC1. The smallest absolute Gasteiger partial charge is 0.260 e. The number of hydrogen-bond donors (Lipinski definition) is 0. The van der Waals surface area contributed by atoms with E-state index >= 15 is 0 Å². The molecule has 1 amide bonds. The van der Waals surface area contributed by atoms with E-state index in [0.717, 1.165) is 18.4 Å². The van der Waals surface area contributed by atoms with E-state index in [2.05, 4.69) is 37.3 Å². The summed E-state index contributed by atoms with van der Waals surface area (Å²) in [5.74, 6) is -0.0756. The van der Waals surface area contributed by atoms with E-state index in [1.165, 1.54) is 23.2 Å². The highest BCUT2D eigenvalue weighted by Gasteiger charge is 2.37. The van der Waals surface area contributed by atoms with Crippen molar-refractivity contribution in [3.05, 3.63) is 83.3 Å². The summed E-state index contributed by atoms with van der Waals surface area (Å²) in [4.78, 5) is 15.0. The lowest BCUT2D eigenvalue weighted by molar-refractivity contribution is -0.605. The van der Waals surface area contributed by atoms with Crippen LogP contribution in [0.5, 0.6) is 0 Å². The van der Waals surface area contributed by atoms with Crippen LogP contribution in [0.15, 0.2) is 67.0 Å². The zero-order valence-electron chi connectivity index (χ0n) is 14.1. The van der Waals surface area contributed by atoms with E-state index in [1.807, 2.05) is 17.0 Å². The van der Waals surface area contributed by atoms with Crippen molar-refractivity contribution in [3.63, 3.8) is 0 Å². The van der Waals surface area contributed by atoms with Gasteiger partial charge in [0.05, 0.1) is 6.04 Å². The van der Waals surface area contributed by atoms with Gasteiger partial charge in [0.25, 0.3) is 5.91 Å². The summed E-state index contributed by atoms with van der Waals surface area (Å²) in [5.41, 5.74) is 1.56. The summed E-state index contributed by atoms with van der Waals surface area (Å²) < 4.78 is 0.680. The maximum Gasteiger partial charge on any atom is 0.260 e. The molecule has 25 heavy (non-hydrogen) atoms. The minimum absolute atomic E-state index is 0.0371. The first-order valence-corrected chi connectivity index (χ1v) is 8.64. The molecular formula is C21H20N2O2. The zero-order chi connectivity index (χ0) is 17.4. The number of rotatable bonds is 4. The van der Waals surface area contributed by atoms with Crippen LogP contribution in [0.3, 0.4) is 0 Å². The van der Waals surface area contributed by atoms with E-state index in [9.17, 15) is 10.0 Å². The first-order valence-electron chi connectivity index (χ1n) is 8.64. The Hall–Kier alpha value is -2.88. The Morgan fingerprint density at radius 3 is 2.60 bits per heavy atom. The summed E-state index contributed by atoms with van der Waals surface area (Å²) in [6.45, 7) is 2.06. The average molecular weight is 332 g/mol. The van der Waals surface area contributed by atoms with Gasteiger partial charge >= 0.3 is 0 Å². The van der Waals surface area contributed by atoms with Crippen LogP contribution in [0.25, 0.3) is 10.8 Å². The summed E-state index contributed by atoms with van der Waals surface area (Å²) in [6, 6.07) is 18.1. The lowest BCUT2D eigenvalue weighted by Crippen LogP contribution is -2.37. The van der Waals surface area contributed by atoms with Crippen molar-refractivity contribution in [1.29, 1.82) is 0 Å². The van der Waals surface area contributed by atoms with Crippen LogP contribution >= 0.6 is 0 Å². The van der Waals surface area contributed by atoms with Crippen molar-refractivity contribution >= 4 is 16.7 Å². The van der Waals surface area contributed by atoms with E-state index in [0.29, 0.717) is 10.3 Å². The van der Waals surface area contributed by atoms with Crippen molar-refractivity contribution in [2.75, 3.05) is 0 Å². The molecule has 2 aromatic carbocycles. The zero-order valence-corrected chi connectivity index (χ0v) is 14.1. The largest absolute Gasteiger partial charge is 0.619 e. The molecule has 4 rings (SSSR count). The predicted molar refractivity (Wildman–Crippen MR) is 97.0 cm³/mol. The average Bonchev–Trinajstić information content (AvgIpc) is 3.46. The van der Waals surface area contributed by atoms with Gasteiger partial charge in [0.1, 0.15) is 5.56 Å². The molecule has 1 saturated carbocycles. The van der Waals surface area contributed by atoms with Gasteiger partial charge in [-0.05, 0) is 48.2 Å². The molecule has 126 valence electrons.